The summed E-state index contributed by atoms with van der Waals surface area (Å²) in [7, 11) is 0. The monoisotopic (exact) mass is 435 g/mol. The topological polar surface area (TPSA) is 88.2 Å². The van der Waals surface area contributed by atoms with Gasteiger partial charge >= 0.3 is 0 Å². The molecule has 3 aromatic carbocycles. The number of fused-ring (bicyclic) bond motifs is 1. The smallest absolute Gasteiger partial charge is 0.226 e. The van der Waals surface area contributed by atoms with E-state index in [1.165, 1.54) is 0 Å². The number of aliphatic hydroxyl groups excluding tert-OH is 1. The minimum atomic E-state index is -0.758. The molecular formula is C24H22ClN3O3. The van der Waals surface area contributed by atoms with Crippen molar-refractivity contribution in [1.82, 2.24) is 15.5 Å². The molecule has 0 aliphatic rings. The van der Waals surface area contributed by atoms with E-state index < -0.39 is 6.10 Å². The van der Waals surface area contributed by atoms with E-state index in [9.17, 15) is 9.90 Å². The fourth-order valence-corrected chi connectivity index (χ4v) is 3.43. The lowest BCUT2D eigenvalue weighted by atomic mass is 10.0. The highest BCUT2D eigenvalue weighted by Crippen LogP contribution is 2.21. The molecule has 1 unspecified atom stereocenters. The Bertz CT molecular complexity index is 1170. The molecule has 1 atom stereocenters. The molecule has 31 heavy (non-hydrogen) atoms. The quantitative estimate of drug-likeness (QED) is 0.418. The Labute approximate surface area is 184 Å². The van der Waals surface area contributed by atoms with Gasteiger partial charge in [-0.3, -0.25) is 4.79 Å². The second-order valence-electron chi connectivity index (χ2n) is 7.30. The van der Waals surface area contributed by atoms with Crippen molar-refractivity contribution in [3.05, 3.63) is 83.2 Å². The lowest BCUT2D eigenvalue weighted by Gasteiger charge is -2.13. The predicted octanol–water partition coefficient (Wildman–Crippen LogP) is 4.72. The maximum Gasteiger partial charge on any atom is 0.226 e. The summed E-state index contributed by atoms with van der Waals surface area (Å²) >= 11 is 5.89. The van der Waals surface area contributed by atoms with Crippen LogP contribution in [0.5, 0.6) is 0 Å². The number of benzene rings is 3. The molecule has 1 heterocycles. The number of halogens is 1. The van der Waals surface area contributed by atoms with Gasteiger partial charge in [0.15, 0.2) is 0 Å². The van der Waals surface area contributed by atoms with Crippen LogP contribution < -0.4 is 5.32 Å². The zero-order valence-corrected chi connectivity index (χ0v) is 17.5. The minimum Gasteiger partial charge on any atom is -0.387 e. The first-order valence-corrected chi connectivity index (χ1v) is 10.5. The summed E-state index contributed by atoms with van der Waals surface area (Å²) < 4.78 is 5.26. The highest BCUT2D eigenvalue weighted by molar-refractivity contribution is 6.30. The number of hydrogen-bond donors (Lipinski definition) is 2. The molecule has 0 aliphatic carbocycles. The Balaban J connectivity index is 1.22. The number of carbonyl (C=O) groups excluding carboxylic acids is 1. The van der Waals surface area contributed by atoms with Crippen LogP contribution >= 0.6 is 11.6 Å². The number of aromatic nitrogens is 2. The van der Waals surface area contributed by atoms with Crippen molar-refractivity contribution in [2.45, 2.75) is 25.4 Å². The van der Waals surface area contributed by atoms with Crippen molar-refractivity contribution in [3.63, 3.8) is 0 Å². The third-order valence-corrected chi connectivity index (χ3v) is 5.27. The third kappa shape index (κ3) is 5.48. The van der Waals surface area contributed by atoms with Crippen LogP contribution in [0.1, 0.15) is 30.4 Å². The number of nitrogens with one attached hydrogen (secondary N) is 1. The van der Waals surface area contributed by atoms with Crippen molar-refractivity contribution in [1.29, 1.82) is 0 Å². The summed E-state index contributed by atoms with van der Waals surface area (Å²) in [5, 5.41) is 20.0. The highest BCUT2D eigenvalue weighted by Gasteiger charge is 2.12. The van der Waals surface area contributed by atoms with Crippen molar-refractivity contribution in [3.8, 4) is 11.4 Å². The number of nitrogens with zero attached hydrogens (tertiary/aromatic N) is 2. The van der Waals surface area contributed by atoms with Gasteiger partial charge in [0.05, 0.1) is 6.10 Å². The molecule has 0 saturated carbocycles. The van der Waals surface area contributed by atoms with E-state index in [-0.39, 0.29) is 12.5 Å². The average molecular weight is 436 g/mol. The van der Waals surface area contributed by atoms with Gasteiger partial charge in [0.1, 0.15) is 0 Å². The van der Waals surface area contributed by atoms with Crippen LogP contribution in [-0.4, -0.2) is 27.7 Å². The van der Waals surface area contributed by atoms with Gasteiger partial charge in [-0.25, -0.2) is 0 Å². The van der Waals surface area contributed by atoms with Crippen LogP contribution in [0.3, 0.4) is 0 Å². The van der Waals surface area contributed by atoms with E-state index in [1.807, 2.05) is 54.6 Å². The molecule has 4 aromatic rings. The van der Waals surface area contributed by atoms with Crippen LogP contribution in [0.2, 0.25) is 5.02 Å². The van der Waals surface area contributed by atoms with Gasteiger partial charge in [-0.15, -0.1) is 0 Å². The Morgan fingerprint density at radius 3 is 2.65 bits per heavy atom. The van der Waals surface area contributed by atoms with E-state index in [0.717, 1.165) is 21.9 Å². The predicted molar refractivity (Wildman–Crippen MR) is 120 cm³/mol. The van der Waals surface area contributed by atoms with Crippen molar-refractivity contribution < 1.29 is 14.4 Å². The maximum absolute atomic E-state index is 12.1. The van der Waals surface area contributed by atoms with Crippen molar-refractivity contribution in [2.24, 2.45) is 0 Å². The molecule has 2 N–H and O–H groups in total. The standard InChI is InChI=1S/C24H22ClN3O3/c25-20-12-10-17(11-13-20)24-27-23(31-28-24)7-3-6-22(30)26-15-21(29)19-9-8-16-4-1-2-5-18(16)14-19/h1-2,4-5,8-14,21,29H,3,6-7,15H2,(H,26,30). The van der Waals surface area contributed by atoms with Gasteiger partial charge in [-0.2, -0.15) is 4.98 Å². The molecular weight excluding hydrogens is 414 g/mol. The Hall–Kier alpha value is -3.22. The first kappa shape index (κ1) is 21.0. The largest absolute Gasteiger partial charge is 0.387 e. The first-order valence-electron chi connectivity index (χ1n) is 10.1. The highest BCUT2D eigenvalue weighted by atomic mass is 35.5. The lowest BCUT2D eigenvalue weighted by Crippen LogP contribution is -2.28. The Kier molecular flexibility index (Phi) is 6.60. The number of hydrogen-bond acceptors (Lipinski definition) is 5. The van der Waals surface area contributed by atoms with Gasteiger partial charge in [-0.1, -0.05) is 53.2 Å². The summed E-state index contributed by atoms with van der Waals surface area (Å²) in [5.41, 5.74) is 1.60. The molecule has 0 spiro atoms. The Morgan fingerprint density at radius 1 is 1.06 bits per heavy atom. The molecule has 0 fully saturated rings. The zero-order valence-electron chi connectivity index (χ0n) is 16.8. The van der Waals surface area contributed by atoms with Crippen molar-refractivity contribution in [2.75, 3.05) is 6.54 Å². The van der Waals surface area contributed by atoms with E-state index >= 15 is 0 Å². The maximum atomic E-state index is 12.1. The summed E-state index contributed by atoms with van der Waals surface area (Å²) in [6.45, 7) is 0.165. The van der Waals surface area contributed by atoms with Crippen molar-refractivity contribution >= 4 is 28.3 Å². The summed E-state index contributed by atoms with van der Waals surface area (Å²) in [5.74, 6) is 0.848. The molecule has 0 radical (unpaired) electrons. The van der Waals surface area contributed by atoms with Crippen LogP contribution in [0, 0.1) is 0 Å². The van der Waals surface area contributed by atoms with Gasteiger partial charge in [0.25, 0.3) is 0 Å². The average Bonchev–Trinajstić information content (AvgIpc) is 3.26. The van der Waals surface area contributed by atoms with Crippen LogP contribution in [0.25, 0.3) is 22.2 Å². The van der Waals surface area contributed by atoms with Gasteiger partial charge in [0.2, 0.25) is 17.6 Å². The molecule has 158 valence electrons. The molecule has 0 bridgehead atoms. The molecule has 1 amide bonds. The Morgan fingerprint density at radius 2 is 1.84 bits per heavy atom. The summed E-state index contributed by atoms with van der Waals surface area (Å²) in [6.07, 6.45) is 0.622. The first-order chi connectivity index (χ1) is 15.1. The van der Waals surface area contributed by atoms with Gasteiger partial charge < -0.3 is 14.9 Å². The number of aryl methyl sites for hydroxylation is 1. The van der Waals surface area contributed by atoms with Crippen LogP contribution in [-0.2, 0) is 11.2 Å². The molecule has 0 saturated heterocycles. The fraction of sp³-hybridized carbons (Fsp3) is 0.208. The number of amides is 1. The molecule has 6 nitrogen and oxygen atoms in total. The van der Waals surface area contributed by atoms with Gasteiger partial charge in [-0.05, 0) is 53.1 Å². The molecule has 4 rings (SSSR count). The molecule has 1 aromatic heterocycles. The summed E-state index contributed by atoms with van der Waals surface area (Å²) in [6, 6.07) is 20.9. The third-order valence-electron chi connectivity index (χ3n) is 5.02. The second-order valence-corrected chi connectivity index (χ2v) is 7.74. The number of aliphatic hydroxyl groups is 1. The fourth-order valence-electron chi connectivity index (χ4n) is 3.30. The van der Waals surface area contributed by atoms with E-state index in [4.69, 9.17) is 16.1 Å². The summed E-state index contributed by atoms with van der Waals surface area (Å²) in [4.78, 5) is 16.5. The number of rotatable bonds is 8. The van der Waals surface area contributed by atoms with Gasteiger partial charge in [0, 0.05) is 30.0 Å². The van der Waals surface area contributed by atoms with Crippen LogP contribution in [0.15, 0.2) is 71.3 Å². The van der Waals surface area contributed by atoms with Crippen LogP contribution in [0.4, 0.5) is 0 Å². The minimum absolute atomic E-state index is 0.128. The van der Waals surface area contributed by atoms with E-state index in [2.05, 4.69) is 15.5 Å². The van der Waals surface area contributed by atoms with E-state index in [0.29, 0.717) is 36.0 Å². The lowest BCUT2D eigenvalue weighted by molar-refractivity contribution is -0.121. The SMILES string of the molecule is O=C(CCCc1nc(-c2ccc(Cl)cc2)no1)NCC(O)c1ccc2ccccc2c1. The second kappa shape index (κ2) is 9.73. The normalized spacial score (nSPS) is 12.1. The number of carbonyl (C=O) groups is 1. The molecule has 0 aliphatic heterocycles. The zero-order chi connectivity index (χ0) is 21.6. The molecule has 7 heteroatoms. The van der Waals surface area contributed by atoms with E-state index in [1.54, 1.807) is 12.1 Å².